The molecule has 23 heavy (non-hydrogen) atoms. The molecule has 1 heterocycles. The third-order valence-corrected chi connectivity index (χ3v) is 5.15. The van der Waals surface area contributed by atoms with Crippen LogP contribution in [0.1, 0.15) is 40.0 Å². The fourth-order valence-corrected chi connectivity index (χ4v) is 4.40. The first-order chi connectivity index (χ1) is 10.4. The van der Waals surface area contributed by atoms with E-state index in [1.807, 2.05) is 0 Å². The second-order valence-electron chi connectivity index (χ2n) is 8.01. The molecule has 2 fully saturated rings. The number of hydrogen-bond acceptors (Lipinski definition) is 2. The number of carbonyl (C=O) groups excluding carboxylic acids is 2. The highest BCUT2D eigenvalue weighted by atomic mass is 19.4. The van der Waals surface area contributed by atoms with Gasteiger partial charge in [-0.15, -0.1) is 0 Å². The zero-order valence-corrected chi connectivity index (χ0v) is 13.8. The second kappa shape index (κ2) is 5.98. The van der Waals surface area contributed by atoms with Gasteiger partial charge in [0.1, 0.15) is 0 Å². The maximum atomic E-state index is 13.1. The molecule has 0 radical (unpaired) electrons. The van der Waals surface area contributed by atoms with E-state index in [2.05, 4.69) is 20.8 Å². The highest BCUT2D eigenvalue weighted by molar-refractivity contribution is 5.83. The van der Waals surface area contributed by atoms with Crippen molar-refractivity contribution in [1.82, 2.24) is 4.90 Å². The Kier molecular flexibility index (Phi) is 4.70. The summed E-state index contributed by atoms with van der Waals surface area (Å²) >= 11 is 0. The molecule has 0 bridgehead atoms. The summed E-state index contributed by atoms with van der Waals surface area (Å²) in [5.41, 5.74) is 5.12. The van der Waals surface area contributed by atoms with E-state index in [-0.39, 0.29) is 23.8 Å². The van der Waals surface area contributed by atoms with Gasteiger partial charge in [0.15, 0.2) is 0 Å². The third-order valence-electron chi connectivity index (χ3n) is 5.15. The van der Waals surface area contributed by atoms with Gasteiger partial charge in [0, 0.05) is 19.0 Å². The molecule has 0 aromatic carbocycles. The van der Waals surface area contributed by atoms with Crippen molar-refractivity contribution in [3.05, 3.63) is 0 Å². The van der Waals surface area contributed by atoms with Gasteiger partial charge in [-0.1, -0.05) is 20.8 Å². The van der Waals surface area contributed by atoms with Crippen LogP contribution in [0.25, 0.3) is 0 Å². The highest BCUT2D eigenvalue weighted by Crippen LogP contribution is 2.44. The van der Waals surface area contributed by atoms with Crippen molar-refractivity contribution >= 4 is 11.8 Å². The molecule has 0 aromatic heterocycles. The van der Waals surface area contributed by atoms with Crippen LogP contribution in [0, 0.1) is 29.1 Å². The summed E-state index contributed by atoms with van der Waals surface area (Å²) < 4.78 is 39.3. The number of primary amides is 1. The van der Waals surface area contributed by atoms with Gasteiger partial charge in [-0.2, -0.15) is 13.2 Å². The minimum absolute atomic E-state index is 0.00420. The minimum Gasteiger partial charge on any atom is -0.369 e. The quantitative estimate of drug-likeness (QED) is 0.843. The monoisotopic (exact) mass is 334 g/mol. The Morgan fingerprint density at radius 2 is 1.78 bits per heavy atom. The number of likely N-dealkylation sites (tertiary alicyclic amines) is 1. The third kappa shape index (κ3) is 3.98. The van der Waals surface area contributed by atoms with E-state index in [9.17, 15) is 22.8 Å². The fraction of sp³-hybridized carbons (Fsp3) is 0.875. The van der Waals surface area contributed by atoms with E-state index in [1.54, 1.807) is 0 Å². The molecule has 1 saturated carbocycles. The average molecular weight is 334 g/mol. The lowest BCUT2D eigenvalue weighted by Crippen LogP contribution is -2.41. The number of alkyl halides is 3. The number of nitrogens with two attached hydrogens (primary N) is 1. The Morgan fingerprint density at radius 1 is 1.17 bits per heavy atom. The summed E-state index contributed by atoms with van der Waals surface area (Å²) in [4.78, 5) is 25.2. The standard InChI is InChI=1S/C16H25F3N2O2/c1-9-4-10(6-15(2,3)5-9)14(23)21-7-11(13(20)22)12(8-21)16(17,18)19/h9-12H,4-8H2,1-3H3,(H2,20,22)/t9?,10?,11-,12-/m0/s1. The predicted molar refractivity (Wildman–Crippen MR) is 79.1 cm³/mol. The molecule has 4 nitrogen and oxygen atoms in total. The zero-order valence-electron chi connectivity index (χ0n) is 13.8. The van der Waals surface area contributed by atoms with Crippen LogP contribution in [-0.2, 0) is 9.59 Å². The van der Waals surface area contributed by atoms with E-state index in [0.29, 0.717) is 18.8 Å². The van der Waals surface area contributed by atoms with Crippen LogP contribution in [0.3, 0.4) is 0 Å². The SMILES string of the molecule is CC1CC(C(=O)N2C[C@H](C(N)=O)[C@@H](C(F)(F)F)C2)CC(C)(C)C1. The van der Waals surface area contributed by atoms with E-state index >= 15 is 0 Å². The molecule has 1 aliphatic carbocycles. The lowest BCUT2D eigenvalue weighted by atomic mass is 9.67. The van der Waals surface area contributed by atoms with Crippen molar-refractivity contribution < 1.29 is 22.8 Å². The molecule has 2 amide bonds. The normalized spacial score (nSPS) is 34.4. The van der Waals surface area contributed by atoms with Crippen LogP contribution >= 0.6 is 0 Å². The Bertz CT molecular complexity index is 490. The molecule has 132 valence electrons. The summed E-state index contributed by atoms with van der Waals surface area (Å²) in [6.07, 6.45) is -2.15. The summed E-state index contributed by atoms with van der Waals surface area (Å²) in [5.74, 6) is -4.34. The first-order valence-corrected chi connectivity index (χ1v) is 8.05. The van der Waals surface area contributed by atoms with Crippen LogP contribution < -0.4 is 5.73 Å². The van der Waals surface area contributed by atoms with Gasteiger partial charge in [0.2, 0.25) is 11.8 Å². The number of nitrogens with zero attached hydrogens (tertiary/aromatic N) is 1. The van der Waals surface area contributed by atoms with Crippen molar-refractivity contribution in [2.45, 2.75) is 46.2 Å². The van der Waals surface area contributed by atoms with Crippen LogP contribution in [-0.4, -0.2) is 36.0 Å². The second-order valence-corrected chi connectivity index (χ2v) is 8.01. The maximum absolute atomic E-state index is 13.1. The van der Waals surface area contributed by atoms with Crippen LogP contribution in [0.4, 0.5) is 13.2 Å². The molecule has 4 atom stereocenters. The lowest BCUT2D eigenvalue weighted by molar-refractivity contribution is -0.183. The summed E-state index contributed by atoms with van der Waals surface area (Å²) in [7, 11) is 0. The molecule has 7 heteroatoms. The molecule has 2 aliphatic rings. The van der Waals surface area contributed by atoms with Crippen molar-refractivity contribution in [3.63, 3.8) is 0 Å². The summed E-state index contributed by atoms with van der Waals surface area (Å²) in [6.45, 7) is 5.55. The van der Waals surface area contributed by atoms with Crippen molar-refractivity contribution in [2.75, 3.05) is 13.1 Å². The Labute approximate surface area is 134 Å². The molecular formula is C16H25F3N2O2. The molecule has 1 aliphatic heterocycles. The van der Waals surface area contributed by atoms with Crippen LogP contribution in [0.5, 0.6) is 0 Å². The topological polar surface area (TPSA) is 63.4 Å². The highest BCUT2D eigenvalue weighted by Gasteiger charge is 2.53. The van der Waals surface area contributed by atoms with Gasteiger partial charge in [-0.3, -0.25) is 9.59 Å². The average Bonchev–Trinajstić information content (AvgIpc) is 2.80. The van der Waals surface area contributed by atoms with Crippen molar-refractivity contribution in [2.24, 2.45) is 34.8 Å². The van der Waals surface area contributed by atoms with Gasteiger partial charge in [0.25, 0.3) is 0 Å². The van der Waals surface area contributed by atoms with Gasteiger partial charge < -0.3 is 10.6 Å². The number of carbonyl (C=O) groups is 2. The van der Waals surface area contributed by atoms with Crippen LogP contribution in [0.2, 0.25) is 0 Å². The predicted octanol–water partition coefficient (Wildman–Crippen LogP) is 2.57. The smallest absolute Gasteiger partial charge is 0.369 e. The summed E-state index contributed by atoms with van der Waals surface area (Å²) in [5, 5.41) is 0. The van der Waals surface area contributed by atoms with Crippen molar-refractivity contribution in [3.8, 4) is 0 Å². The van der Waals surface area contributed by atoms with E-state index in [4.69, 9.17) is 5.73 Å². The minimum atomic E-state index is -4.52. The number of rotatable bonds is 2. The van der Waals surface area contributed by atoms with E-state index < -0.39 is 30.5 Å². The molecular weight excluding hydrogens is 309 g/mol. The largest absolute Gasteiger partial charge is 0.394 e. The maximum Gasteiger partial charge on any atom is 0.394 e. The Balaban J connectivity index is 2.13. The number of hydrogen-bond donors (Lipinski definition) is 1. The fourth-order valence-electron chi connectivity index (χ4n) is 4.40. The Morgan fingerprint density at radius 3 is 2.22 bits per heavy atom. The van der Waals surface area contributed by atoms with Crippen molar-refractivity contribution in [1.29, 1.82) is 0 Å². The molecule has 0 spiro atoms. The number of amides is 2. The molecule has 0 aromatic rings. The Hall–Kier alpha value is -1.27. The molecule has 2 N–H and O–H groups in total. The molecule has 2 unspecified atom stereocenters. The summed E-state index contributed by atoms with van der Waals surface area (Å²) in [6, 6.07) is 0. The number of halogens is 3. The molecule has 2 rings (SSSR count). The first-order valence-electron chi connectivity index (χ1n) is 8.05. The van der Waals surface area contributed by atoms with Crippen LogP contribution in [0.15, 0.2) is 0 Å². The zero-order chi connectivity index (χ0) is 17.6. The first kappa shape index (κ1) is 18.1. The van der Waals surface area contributed by atoms with Gasteiger partial charge in [-0.05, 0) is 30.6 Å². The van der Waals surface area contributed by atoms with Gasteiger partial charge in [0.05, 0.1) is 11.8 Å². The van der Waals surface area contributed by atoms with E-state index in [1.165, 1.54) is 4.90 Å². The molecule has 1 saturated heterocycles. The van der Waals surface area contributed by atoms with Gasteiger partial charge in [-0.25, -0.2) is 0 Å². The van der Waals surface area contributed by atoms with E-state index in [0.717, 1.165) is 6.42 Å². The van der Waals surface area contributed by atoms with Gasteiger partial charge >= 0.3 is 6.18 Å². The lowest BCUT2D eigenvalue weighted by Gasteiger charge is -2.39.